The van der Waals surface area contributed by atoms with Crippen molar-refractivity contribution in [3.05, 3.63) is 33.5 Å². The fourth-order valence-electron chi connectivity index (χ4n) is 2.94. The van der Waals surface area contributed by atoms with Crippen LogP contribution in [0.25, 0.3) is 0 Å². The number of thiophene rings is 1. The lowest BCUT2D eigenvalue weighted by atomic mass is 10.3. The van der Waals surface area contributed by atoms with E-state index in [1.165, 1.54) is 11.3 Å². The molecule has 7 heteroatoms. The summed E-state index contributed by atoms with van der Waals surface area (Å²) in [7, 11) is 0. The summed E-state index contributed by atoms with van der Waals surface area (Å²) < 4.78 is 5.84. The predicted octanol–water partition coefficient (Wildman–Crippen LogP) is 2.76. The van der Waals surface area contributed by atoms with Crippen molar-refractivity contribution in [2.24, 2.45) is 0 Å². The Morgan fingerprint density at radius 2 is 2.08 bits per heavy atom. The Balaban J connectivity index is 1.44. The third kappa shape index (κ3) is 2.78. The van der Waals surface area contributed by atoms with Gasteiger partial charge in [0.25, 0.3) is 5.91 Å². The standard InChI is InChI=1S/C17H18N4O2S/c1-11-2-5-14(24-11)16(22)20-6-8-21(9-7-20)17-13(10-18)19-15(23-17)12-3-4-12/h2,5,12H,3-4,6-9H2,1H3. The number of carbonyl (C=O) groups is 1. The topological polar surface area (TPSA) is 73.4 Å². The second-order valence-electron chi connectivity index (χ2n) is 6.28. The summed E-state index contributed by atoms with van der Waals surface area (Å²) >= 11 is 1.53. The molecule has 124 valence electrons. The van der Waals surface area contributed by atoms with Crippen LogP contribution < -0.4 is 4.90 Å². The van der Waals surface area contributed by atoms with Crippen LogP contribution in [0.15, 0.2) is 16.5 Å². The quantitative estimate of drug-likeness (QED) is 0.857. The summed E-state index contributed by atoms with van der Waals surface area (Å²) in [6.45, 7) is 4.57. The molecule has 2 aromatic heterocycles. The second-order valence-corrected chi connectivity index (χ2v) is 7.57. The molecular formula is C17H18N4O2S. The molecule has 0 unspecified atom stereocenters. The minimum atomic E-state index is 0.0875. The van der Waals surface area contributed by atoms with Crippen LogP contribution >= 0.6 is 11.3 Å². The van der Waals surface area contributed by atoms with Gasteiger partial charge in [0.2, 0.25) is 17.5 Å². The van der Waals surface area contributed by atoms with Crippen molar-refractivity contribution in [3.8, 4) is 6.07 Å². The summed E-state index contributed by atoms with van der Waals surface area (Å²) in [6, 6.07) is 6.00. The van der Waals surface area contributed by atoms with Crippen LogP contribution in [0.5, 0.6) is 0 Å². The zero-order valence-electron chi connectivity index (χ0n) is 13.5. The minimum absolute atomic E-state index is 0.0875. The largest absolute Gasteiger partial charge is 0.423 e. The average molecular weight is 342 g/mol. The van der Waals surface area contributed by atoms with Crippen LogP contribution in [0, 0.1) is 18.3 Å². The molecule has 2 aliphatic rings. The van der Waals surface area contributed by atoms with Crippen molar-refractivity contribution in [1.82, 2.24) is 9.88 Å². The van der Waals surface area contributed by atoms with Gasteiger partial charge in [-0.05, 0) is 31.9 Å². The summed E-state index contributed by atoms with van der Waals surface area (Å²) in [5.74, 6) is 1.73. The highest BCUT2D eigenvalue weighted by Gasteiger charge is 2.33. The highest BCUT2D eigenvalue weighted by Crippen LogP contribution is 2.41. The first-order valence-electron chi connectivity index (χ1n) is 8.17. The number of hydrogen-bond donors (Lipinski definition) is 0. The van der Waals surface area contributed by atoms with Gasteiger partial charge in [-0.2, -0.15) is 5.26 Å². The van der Waals surface area contributed by atoms with Crippen molar-refractivity contribution < 1.29 is 9.21 Å². The average Bonchev–Trinajstić information content (AvgIpc) is 3.22. The molecule has 1 aliphatic carbocycles. The van der Waals surface area contributed by atoms with Gasteiger partial charge in [-0.3, -0.25) is 4.79 Å². The molecule has 0 spiro atoms. The molecule has 1 amide bonds. The molecule has 24 heavy (non-hydrogen) atoms. The highest BCUT2D eigenvalue weighted by molar-refractivity contribution is 7.13. The molecule has 3 heterocycles. The van der Waals surface area contributed by atoms with Gasteiger partial charge in [0.15, 0.2) is 0 Å². The number of oxazole rings is 1. The normalized spacial score (nSPS) is 17.8. The molecule has 0 atom stereocenters. The van der Waals surface area contributed by atoms with Gasteiger partial charge in [-0.1, -0.05) is 0 Å². The maximum absolute atomic E-state index is 12.5. The van der Waals surface area contributed by atoms with E-state index in [1.807, 2.05) is 28.9 Å². The summed E-state index contributed by atoms with van der Waals surface area (Å²) in [5, 5.41) is 9.29. The van der Waals surface area contributed by atoms with Gasteiger partial charge in [-0.25, -0.2) is 4.98 Å². The van der Waals surface area contributed by atoms with E-state index in [2.05, 4.69) is 11.1 Å². The summed E-state index contributed by atoms with van der Waals surface area (Å²) in [5.41, 5.74) is 0.366. The fourth-order valence-corrected chi connectivity index (χ4v) is 3.77. The van der Waals surface area contributed by atoms with Crippen LogP contribution in [0.4, 0.5) is 5.88 Å². The fraction of sp³-hybridized carbons (Fsp3) is 0.471. The first kappa shape index (κ1) is 15.2. The maximum atomic E-state index is 12.5. The lowest BCUT2D eigenvalue weighted by Crippen LogP contribution is -2.48. The zero-order chi connectivity index (χ0) is 16.7. The predicted molar refractivity (Wildman–Crippen MR) is 90.4 cm³/mol. The van der Waals surface area contributed by atoms with Gasteiger partial charge >= 0.3 is 0 Å². The van der Waals surface area contributed by atoms with E-state index in [0.29, 0.717) is 49.6 Å². The molecule has 4 rings (SSSR count). The summed E-state index contributed by atoms with van der Waals surface area (Å²) in [6.07, 6.45) is 2.18. The molecule has 2 aromatic rings. The number of carbonyl (C=O) groups excluding carboxylic acids is 1. The number of anilines is 1. The maximum Gasteiger partial charge on any atom is 0.264 e. The Hall–Kier alpha value is -2.33. The number of rotatable bonds is 3. The van der Waals surface area contributed by atoms with E-state index >= 15 is 0 Å². The Morgan fingerprint density at radius 3 is 2.67 bits per heavy atom. The van der Waals surface area contributed by atoms with Crippen LogP contribution in [0.1, 0.15) is 44.9 Å². The van der Waals surface area contributed by atoms with Crippen molar-refractivity contribution in [1.29, 1.82) is 5.26 Å². The second kappa shape index (κ2) is 5.95. The molecule has 1 saturated carbocycles. The van der Waals surface area contributed by atoms with E-state index in [1.54, 1.807) is 0 Å². The van der Waals surface area contributed by atoms with E-state index in [-0.39, 0.29) is 5.91 Å². The SMILES string of the molecule is Cc1ccc(C(=O)N2CCN(c3oc(C4CC4)nc3C#N)CC2)s1. The zero-order valence-corrected chi connectivity index (χ0v) is 14.3. The van der Waals surface area contributed by atoms with Crippen LogP contribution in [-0.2, 0) is 0 Å². The Labute approximate surface area is 144 Å². The van der Waals surface area contributed by atoms with E-state index in [0.717, 1.165) is 22.6 Å². The van der Waals surface area contributed by atoms with E-state index in [4.69, 9.17) is 4.42 Å². The molecule has 1 aliphatic heterocycles. The Morgan fingerprint density at radius 1 is 1.33 bits per heavy atom. The minimum Gasteiger partial charge on any atom is -0.423 e. The monoisotopic (exact) mass is 342 g/mol. The van der Waals surface area contributed by atoms with Crippen molar-refractivity contribution in [2.45, 2.75) is 25.7 Å². The van der Waals surface area contributed by atoms with Crippen LogP contribution in [0.3, 0.4) is 0 Å². The van der Waals surface area contributed by atoms with Gasteiger partial charge < -0.3 is 14.2 Å². The molecule has 0 N–H and O–H groups in total. The number of nitrogens with zero attached hydrogens (tertiary/aromatic N) is 4. The van der Waals surface area contributed by atoms with Gasteiger partial charge in [0, 0.05) is 37.0 Å². The molecular weight excluding hydrogens is 324 g/mol. The van der Waals surface area contributed by atoms with E-state index in [9.17, 15) is 10.1 Å². The molecule has 2 fully saturated rings. The third-order valence-corrected chi connectivity index (χ3v) is 5.45. The number of piperazine rings is 1. The molecule has 1 saturated heterocycles. The first-order valence-corrected chi connectivity index (χ1v) is 8.99. The van der Waals surface area contributed by atoms with Gasteiger partial charge in [0.05, 0.1) is 4.88 Å². The lowest BCUT2D eigenvalue weighted by molar-refractivity contribution is 0.0750. The Kier molecular flexibility index (Phi) is 3.77. The van der Waals surface area contributed by atoms with Crippen LogP contribution in [0.2, 0.25) is 0 Å². The lowest BCUT2D eigenvalue weighted by Gasteiger charge is -2.34. The molecule has 0 bridgehead atoms. The number of aryl methyl sites for hydroxylation is 1. The van der Waals surface area contributed by atoms with Crippen molar-refractivity contribution in [2.75, 3.05) is 31.1 Å². The summed E-state index contributed by atoms with van der Waals surface area (Å²) in [4.78, 5) is 22.7. The number of amides is 1. The smallest absolute Gasteiger partial charge is 0.264 e. The number of aromatic nitrogens is 1. The van der Waals surface area contributed by atoms with Crippen molar-refractivity contribution in [3.63, 3.8) is 0 Å². The highest BCUT2D eigenvalue weighted by atomic mass is 32.1. The third-order valence-electron chi connectivity index (χ3n) is 4.46. The van der Waals surface area contributed by atoms with E-state index < -0.39 is 0 Å². The molecule has 0 radical (unpaired) electrons. The molecule has 6 nitrogen and oxygen atoms in total. The number of hydrogen-bond acceptors (Lipinski definition) is 6. The molecule has 0 aromatic carbocycles. The van der Waals surface area contributed by atoms with Crippen LogP contribution in [-0.4, -0.2) is 42.0 Å². The van der Waals surface area contributed by atoms with Gasteiger partial charge in [0.1, 0.15) is 6.07 Å². The first-order chi connectivity index (χ1) is 11.7. The Bertz CT molecular complexity index is 807. The van der Waals surface area contributed by atoms with Gasteiger partial charge in [-0.15, -0.1) is 11.3 Å². The number of nitriles is 1. The van der Waals surface area contributed by atoms with Crippen molar-refractivity contribution >= 4 is 23.1 Å².